The van der Waals surface area contributed by atoms with Crippen LogP contribution >= 0.6 is 0 Å². The summed E-state index contributed by atoms with van der Waals surface area (Å²) in [6.45, 7) is 0. The zero-order valence-electron chi connectivity index (χ0n) is 34.5. The minimum Gasteiger partial charge on any atom is -0.472 e. The van der Waals surface area contributed by atoms with Gasteiger partial charge in [0.15, 0.2) is 6.10 Å². The van der Waals surface area contributed by atoms with Crippen LogP contribution < -0.4 is 0 Å². The number of unbranched alkanes of at least 4 members (excludes halogenated alkanes) is 14. The van der Waals surface area contributed by atoms with Crippen LogP contribution in [0.25, 0.3) is 0 Å². The van der Waals surface area contributed by atoms with Gasteiger partial charge in [0.2, 0.25) is 0 Å². The Hall–Kier alpha value is -3.46. The second-order valence-electron chi connectivity index (χ2n) is 14.9. The van der Waals surface area contributed by atoms with Gasteiger partial charge in [-0.1, -0.05) is 137 Å². The quantitative estimate of drug-likeness (QED) is 0.0243. The summed E-state index contributed by atoms with van der Waals surface area (Å²) in [5.74, 6) is 15.6. The first-order valence-electron chi connectivity index (χ1n) is 21.3. The van der Waals surface area contributed by atoms with Crippen LogP contribution in [0.1, 0.15) is 161 Å². The molecule has 0 saturated carbocycles. The number of aliphatic carboxylic acids is 1. The highest BCUT2D eigenvalue weighted by molar-refractivity contribution is 5.86. The van der Waals surface area contributed by atoms with Crippen molar-refractivity contribution in [1.29, 1.82) is 0 Å². The smallest absolute Gasteiger partial charge is 0.381 e. The standard InChI is InChI=1S/C47H72O11/c1-2-38(48)34-35-43(53)30-22-21-29-42(52)32-23-31-41(51)28-20-19-27-40(50)26-16-12-9-7-5-3-4-6-8-11-15-24-39(49)25-17-13-10-14-18-33-44(54)47(58)45(55)36-37-46(56)57/h1,16,26,34-35,38,40-45,47-48,50-55,58H,3-15,17-19,21-22,24-25,27,29-30,32-33H2,(H,56,57)/b26-16+,35-34+/t38-,40-,41+,42+,43-,44+,45-,47+/m0/s1. The van der Waals surface area contributed by atoms with Gasteiger partial charge in [-0.3, -0.25) is 4.79 Å². The van der Waals surface area contributed by atoms with Crippen LogP contribution in [0, 0.1) is 47.9 Å². The van der Waals surface area contributed by atoms with Gasteiger partial charge in [-0.05, 0) is 57.4 Å². The van der Waals surface area contributed by atoms with E-state index < -0.39 is 54.8 Å². The van der Waals surface area contributed by atoms with Gasteiger partial charge in [-0.2, -0.15) is 0 Å². The van der Waals surface area contributed by atoms with Gasteiger partial charge < -0.3 is 46.0 Å². The average Bonchev–Trinajstić information content (AvgIpc) is 3.20. The molecule has 0 rings (SSSR count). The van der Waals surface area contributed by atoms with Crippen LogP contribution in [-0.2, 0) is 9.59 Å². The second-order valence-corrected chi connectivity index (χ2v) is 14.9. The van der Waals surface area contributed by atoms with Crippen LogP contribution in [0.5, 0.6) is 0 Å². The molecule has 0 bridgehead atoms. The van der Waals surface area contributed by atoms with Crippen molar-refractivity contribution in [2.45, 2.75) is 209 Å². The summed E-state index contributed by atoms with van der Waals surface area (Å²) in [6.07, 6.45) is 23.7. The molecule has 0 aromatic heterocycles. The third-order valence-electron chi connectivity index (χ3n) is 9.54. The van der Waals surface area contributed by atoms with Crippen molar-refractivity contribution >= 4 is 11.8 Å². The highest BCUT2D eigenvalue weighted by atomic mass is 16.4. The monoisotopic (exact) mass is 813 g/mol. The van der Waals surface area contributed by atoms with Crippen molar-refractivity contribution in [3.05, 3.63) is 24.3 Å². The first-order chi connectivity index (χ1) is 27.8. The number of allylic oxidation sites excluding steroid dienone is 1. The number of hydrogen-bond donors (Lipinski definition) is 9. The molecular formula is C47H72O11. The van der Waals surface area contributed by atoms with Crippen molar-refractivity contribution in [3.63, 3.8) is 0 Å². The van der Waals surface area contributed by atoms with E-state index in [1.807, 2.05) is 12.0 Å². The summed E-state index contributed by atoms with van der Waals surface area (Å²) in [5.41, 5.74) is 0. The molecule has 0 aromatic rings. The predicted octanol–water partition coefficient (Wildman–Crippen LogP) is 5.04. The number of aliphatic hydroxyl groups excluding tert-OH is 8. The lowest BCUT2D eigenvalue weighted by atomic mass is 10.00. The van der Waals surface area contributed by atoms with E-state index in [0.717, 1.165) is 64.2 Å². The zero-order chi connectivity index (χ0) is 43.2. The summed E-state index contributed by atoms with van der Waals surface area (Å²) in [4.78, 5) is 22.6. The average molecular weight is 813 g/mol. The molecule has 11 heteroatoms. The second kappa shape index (κ2) is 37.8. The summed E-state index contributed by atoms with van der Waals surface area (Å²) >= 11 is 0. The minimum absolute atomic E-state index is 0.218. The molecule has 0 aliphatic heterocycles. The number of carbonyl (C=O) groups excluding carboxylic acids is 1. The number of terminal acetylenes is 1. The predicted molar refractivity (Wildman–Crippen MR) is 227 cm³/mol. The Bertz CT molecular complexity index is 1370. The largest absolute Gasteiger partial charge is 0.472 e. The normalized spacial score (nSPS) is 15.4. The number of aliphatic hydroxyl groups is 8. The Labute approximate surface area is 348 Å². The third kappa shape index (κ3) is 35.7. The molecule has 58 heavy (non-hydrogen) atoms. The molecule has 9 N–H and O–H groups in total. The fraction of sp³-hybridized carbons (Fsp3) is 0.702. The van der Waals surface area contributed by atoms with E-state index in [4.69, 9.17) is 11.5 Å². The van der Waals surface area contributed by atoms with Crippen LogP contribution in [-0.4, -0.2) is 107 Å². The summed E-state index contributed by atoms with van der Waals surface area (Å²) in [7, 11) is 0. The zero-order valence-corrected chi connectivity index (χ0v) is 34.5. The maximum Gasteiger partial charge on any atom is 0.381 e. The number of carboxylic acids is 1. The Morgan fingerprint density at radius 2 is 1.10 bits per heavy atom. The number of carboxylic acid groups (broad SMARTS) is 1. The maximum absolute atomic E-state index is 12.2. The highest BCUT2D eigenvalue weighted by Crippen LogP contribution is 2.15. The molecule has 0 saturated heterocycles. The van der Waals surface area contributed by atoms with E-state index in [-0.39, 0.29) is 12.8 Å². The van der Waals surface area contributed by atoms with Crippen LogP contribution in [0.4, 0.5) is 0 Å². The lowest BCUT2D eigenvalue weighted by molar-refractivity contribution is -0.130. The molecule has 0 spiro atoms. The Morgan fingerprint density at radius 1 is 0.569 bits per heavy atom. The number of carbonyl (C=O) groups is 2. The minimum atomic E-state index is -1.61. The first kappa shape index (κ1) is 54.5. The molecule has 0 aliphatic carbocycles. The van der Waals surface area contributed by atoms with Crippen LogP contribution in [0.3, 0.4) is 0 Å². The maximum atomic E-state index is 12.2. The molecular weight excluding hydrogens is 741 g/mol. The van der Waals surface area contributed by atoms with Gasteiger partial charge in [0.1, 0.15) is 24.1 Å². The molecule has 0 amide bonds. The van der Waals surface area contributed by atoms with E-state index in [9.17, 15) is 50.4 Å². The molecule has 326 valence electrons. The SMILES string of the molecule is C#C[C@H](O)/C=C/[C@@H](O)CCCC[C@@H](O)CC#C[C@H](O)C#CCC[C@@H](O)/C=C/CCCCCCCCCCCC(=O)CCCCCCC[C@@H](O)[C@@H](O)[C@@H](O)C#CC(=O)O. The van der Waals surface area contributed by atoms with E-state index in [0.29, 0.717) is 63.6 Å². The van der Waals surface area contributed by atoms with Gasteiger partial charge in [0.25, 0.3) is 0 Å². The van der Waals surface area contributed by atoms with Crippen molar-refractivity contribution in [2.75, 3.05) is 0 Å². The Kier molecular flexibility index (Phi) is 35.5. The molecule has 11 nitrogen and oxygen atoms in total. The molecule has 0 unspecified atom stereocenters. The number of Topliss-reactive ketones (excluding diaryl/α,β-unsaturated/α-hetero) is 1. The van der Waals surface area contributed by atoms with Crippen molar-refractivity contribution in [2.24, 2.45) is 0 Å². The number of hydrogen-bond acceptors (Lipinski definition) is 10. The third-order valence-corrected chi connectivity index (χ3v) is 9.54. The Balaban J connectivity index is 3.71. The topological polar surface area (TPSA) is 216 Å². The van der Waals surface area contributed by atoms with Gasteiger partial charge in [-0.25, -0.2) is 4.79 Å². The summed E-state index contributed by atoms with van der Waals surface area (Å²) in [6, 6.07) is 0. The number of rotatable bonds is 33. The number of ketones is 1. The van der Waals surface area contributed by atoms with Crippen molar-refractivity contribution in [3.8, 4) is 47.9 Å². The van der Waals surface area contributed by atoms with Gasteiger partial charge >= 0.3 is 5.97 Å². The van der Waals surface area contributed by atoms with Crippen LogP contribution in [0.15, 0.2) is 24.3 Å². The van der Waals surface area contributed by atoms with Crippen LogP contribution in [0.2, 0.25) is 0 Å². The van der Waals surface area contributed by atoms with Crippen molar-refractivity contribution < 1.29 is 55.5 Å². The Morgan fingerprint density at radius 3 is 1.72 bits per heavy atom. The van der Waals surface area contributed by atoms with E-state index in [1.165, 1.54) is 37.8 Å². The fourth-order valence-corrected chi connectivity index (χ4v) is 6.02. The first-order valence-corrected chi connectivity index (χ1v) is 21.3. The molecule has 0 aliphatic rings. The summed E-state index contributed by atoms with van der Waals surface area (Å²) < 4.78 is 0. The fourth-order valence-electron chi connectivity index (χ4n) is 6.02. The lowest BCUT2D eigenvalue weighted by Gasteiger charge is -2.19. The molecule has 0 radical (unpaired) electrons. The van der Waals surface area contributed by atoms with Gasteiger partial charge in [0.05, 0.1) is 24.4 Å². The van der Waals surface area contributed by atoms with E-state index in [1.54, 1.807) is 12.0 Å². The van der Waals surface area contributed by atoms with Gasteiger partial charge in [-0.15, -0.1) is 6.42 Å². The lowest BCUT2D eigenvalue weighted by Crippen LogP contribution is -2.36. The van der Waals surface area contributed by atoms with Crippen molar-refractivity contribution in [1.82, 2.24) is 0 Å². The highest BCUT2D eigenvalue weighted by Gasteiger charge is 2.22. The van der Waals surface area contributed by atoms with E-state index >= 15 is 0 Å². The molecule has 8 atom stereocenters. The van der Waals surface area contributed by atoms with Gasteiger partial charge in [0, 0.05) is 31.6 Å². The van der Waals surface area contributed by atoms with E-state index in [2.05, 4.69) is 29.6 Å². The molecule has 0 aromatic carbocycles. The molecule has 0 fully saturated rings. The summed E-state index contributed by atoms with van der Waals surface area (Å²) in [5, 5.41) is 87.1. The molecule has 0 heterocycles.